The number of hydrogen-bond donors (Lipinski definition) is 1. The van der Waals surface area contributed by atoms with Crippen molar-refractivity contribution >= 4 is 0 Å². The van der Waals surface area contributed by atoms with Crippen LogP contribution in [0.5, 0.6) is 5.75 Å². The molecule has 0 aromatic carbocycles. The van der Waals surface area contributed by atoms with E-state index in [1.165, 1.54) is 37.7 Å². The topological polar surface area (TPSA) is 34.2 Å². The summed E-state index contributed by atoms with van der Waals surface area (Å²) in [6.07, 6.45) is 10.3. The fourth-order valence-corrected chi connectivity index (χ4v) is 3.52. The monoisotopic (exact) mass is 262 g/mol. The second-order valence-corrected chi connectivity index (χ2v) is 5.57. The van der Waals surface area contributed by atoms with Crippen LogP contribution < -0.4 is 10.1 Å². The molecule has 1 aliphatic carbocycles. The summed E-state index contributed by atoms with van der Waals surface area (Å²) in [6, 6.07) is 2.53. The number of nitrogens with one attached hydrogen (secondary N) is 1. The summed E-state index contributed by atoms with van der Waals surface area (Å²) >= 11 is 0. The van der Waals surface area contributed by atoms with Gasteiger partial charge in [0.2, 0.25) is 0 Å². The van der Waals surface area contributed by atoms with E-state index in [2.05, 4.69) is 30.2 Å². The Hall–Kier alpha value is -1.09. The molecule has 1 aromatic rings. The number of hydrogen-bond acceptors (Lipinski definition) is 3. The largest absolute Gasteiger partial charge is 0.495 e. The molecule has 1 N–H and O–H groups in total. The van der Waals surface area contributed by atoms with E-state index in [4.69, 9.17) is 4.74 Å². The maximum absolute atomic E-state index is 5.32. The molecule has 1 aromatic heterocycles. The summed E-state index contributed by atoms with van der Waals surface area (Å²) < 4.78 is 5.32. The third kappa shape index (κ3) is 2.92. The van der Waals surface area contributed by atoms with E-state index in [0.717, 1.165) is 12.3 Å². The first-order valence-electron chi connectivity index (χ1n) is 7.48. The molecule has 0 aliphatic heterocycles. The highest BCUT2D eigenvalue weighted by atomic mass is 16.5. The summed E-state index contributed by atoms with van der Waals surface area (Å²) in [5.74, 6) is 0.852. The molecule has 0 bridgehead atoms. The minimum absolute atomic E-state index is 0.393. The van der Waals surface area contributed by atoms with Crippen LogP contribution in [0.15, 0.2) is 18.5 Å². The van der Waals surface area contributed by atoms with Crippen LogP contribution in [0.1, 0.15) is 57.6 Å². The van der Waals surface area contributed by atoms with Gasteiger partial charge < -0.3 is 10.1 Å². The minimum Gasteiger partial charge on any atom is -0.495 e. The average Bonchev–Trinajstić information content (AvgIpc) is 2.94. The highest BCUT2D eigenvalue weighted by Gasteiger charge is 2.40. The Bertz CT molecular complexity index is 399. The molecule has 0 radical (unpaired) electrons. The number of aromatic nitrogens is 1. The van der Waals surface area contributed by atoms with Crippen LogP contribution in [0.3, 0.4) is 0 Å². The summed E-state index contributed by atoms with van der Waals surface area (Å²) in [7, 11) is 1.70. The molecule has 19 heavy (non-hydrogen) atoms. The molecule has 3 nitrogen and oxygen atoms in total. The van der Waals surface area contributed by atoms with Crippen molar-refractivity contribution in [1.82, 2.24) is 10.3 Å². The van der Waals surface area contributed by atoms with E-state index in [1.54, 1.807) is 13.3 Å². The van der Waals surface area contributed by atoms with Crippen molar-refractivity contribution in [2.75, 3.05) is 13.7 Å². The Morgan fingerprint density at radius 3 is 2.63 bits per heavy atom. The molecular formula is C16H26N2O. The van der Waals surface area contributed by atoms with Gasteiger partial charge in [0.25, 0.3) is 0 Å². The van der Waals surface area contributed by atoms with Crippen LogP contribution in [-0.4, -0.2) is 18.6 Å². The van der Waals surface area contributed by atoms with Gasteiger partial charge in [0.15, 0.2) is 0 Å². The highest BCUT2D eigenvalue weighted by Crippen LogP contribution is 2.50. The molecule has 0 amide bonds. The summed E-state index contributed by atoms with van der Waals surface area (Å²) in [5, 5.41) is 3.69. The smallest absolute Gasteiger partial charge is 0.137 e. The van der Waals surface area contributed by atoms with Crippen molar-refractivity contribution in [3.05, 3.63) is 24.0 Å². The predicted octanol–water partition coefficient (Wildman–Crippen LogP) is 3.71. The van der Waals surface area contributed by atoms with Gasteiger partial charge in [-0.25, -0.2) is 0 Å². The Labute approximate surface area is 116 Å². The maximum atomic E-state index is 5.32. The van der Waals surface area contributed by atoms with Crippen LogP contribution >= 0.6 is 0 Å². The lowest BCUT2D eigenvalue weighted by molar-refractivity contribution is 0.188. The lowest BCUT2D eigenvalue weighted by Crippen LogP contribution is -2.36. The lowest BCUT2D eigenvalue weighted by atomic mass is 9.73. The second kappa shape index (κ2) is 6.38. The lowest BCUT2D eigenvalue weighted by Gasteiger charge is -2.37. The number of nitrogens with zero attached hydrogens (tertiary/aromatic N) is 1. The van der Waals surface area contributed by atoms with Gasteiger partial charge >= 0.3 is 0 Å². The molecule has 1 fully saturated rings. The maximum Gasteiger partial charge on any atom is 0.137 e. The Balaban J connectivity index is 2.32. The molecule has 1 aliphatic rings. The van der Waals surface area contributed by atoms with Crippen molar-refractivity contribution in [1.29, 1.82) is 0 Å². The predicted molar refractivity (Wildman–Crippen MR) is 78.4 cm³/mol. The van der Waals surface area contributed by atoms with E-state index < -0.39 is 0 Å². The van der Waals surface area contributed by atoms with Crippen LogP contribution in [-0.2, 0) is 0 Å². The van der Waals surface area contributed by atoms with E-state index >= 15 is 0 Å². The second-order valence-electron chi connectivity index (χ2n) is 5.57. The zero-order chi connectivity index (χ0) is 13.7. The molecule has 2 rings (SSSR count). The molecule has 3 heteroatoms. The van der Waals surface area contributed by atoms with Crippen molar-refractivity contribution in [3.8, 4) is 5.75 Å². The first kappa shape index (κ1) is 14.3. The third-order valence-corrected chi connectivity index (χ3v) is 4.63. The fourth-order valence-electron chi connectivity index (χ4n) is 3.52. The van der Waals surface area contributed by atoms with Crippen molar-refractivity contribution in [2.45, 2.75) is 52.0 Å². The normalized spacial score (nSPS) is 19.3. The van der Waals surface area contributed by atoms with Gasteiger partial charge in [0.1, 0.15) is 5.75 Å². The molecule has 0 saturated heterocycles. The Kier molecular flexibility index (Phi) is 4.81. The number of pyridine rings is 1. The molecule has 1 saturated carbocycles. The van der Waals surface area contributed by atoms with Gasteiger partial charge in [-0.15, -0.1) is 0 Å². The molecule has 1 heterocycles. The summed E-state index contributed by atoms with van der Waals surface area (Å²) in [6.45, 7) is 5.49. The number of rotatable bonds is 6. The van der Waals surface area contributed by atoms with Gasteiger partial charge in [-0.05, 0) is 42.9 Å². The van der Waals surface area contributed by atoms with E-state index in [0.29, 0.717) is 11.5 Å². The Morgan fingerprint density at radius 2 is 2.05 bits per heavy atom. The van der Waals surface area contributed by atoms with Crippen molar-refractivity contribution < 1.29 is 4.74 Å². The molecule has 0 spiro atoms. The average molecular weight is 262 g/mol. The standard InChI is InChI=1S/C16H26N2O/c1-4-16(8-6-7-9-16)15(18-5-2)13-10-14(19-3)12-17-11-13/h10-12,15,18H,4-9H2,1-3H3. The van der Waals surface area contributed by atoms with E-state index in [9.17, 15) is 0 Å². The van der Waals surface area contributed by atoms with Gasteiger partial charge in [-0.2, -0.15) is 0 Å². The van der Waals surface area contributed by atoms with Crippen molar-refractivity contribution in [3.63, 3.8) is 0 Å². The quantitative estimate of drug-likeness (QED) is 0.848. The molecule has 1 atom stereocenters. The first-order chi connectivity index (χ1) is 9.25. The first-order valence-corrected chi connectivity index (χ1v) is 7.48. The fraction of sp³-hybridized carbons (Fsp3) is 0.688. The Morgan fingerprint density at radius 1 is 1.32 bits per heavy atom. The van der Waals surface area contributed by atoms with E-state index in [-0.39, 0.29) is 0 Å². The summed E-state index contributed by atoms with van der Waals surface area (Å²) in [5.41, 5.74) is 1.66. The van der Waals surface area contributed by atoms with Crippen LogP contribution in [0, 0.1) is 5.41 Å². The molecule has 106 valence electrons. The van der Waals surface area contributed by atoms with Crippen molar-refractivity contribution in [2.24, 2.45) is 5.41 Å². The van der Waals surface area contributed by atoms with Crippen LogP contribution in [0.2, 0.25) is 0 Å². The zero-order valence-electron chi connectivity index (χ0n) is 12.4. The zero-order valence-corrected chi connectivity index (χ0v) is 12.4. The van der Waals surface area contributed by atoms with Crippen LogP contribution in [0.4, 0.5) is 0 Å². The highest BCUT2D eigenvalue weighted by molar-refractivity contribution is 5.27. The molecular weight excluding hydrogens is 236 g/mol. The van der Waals surface area contributed by atoms with Crippen LogP contribution in [0.25, 0.3) is 0 Å². The summed E-state index contributed by atoms with van der Waals surface area (Å²) in [4.78, 5) is 4.33. The van der Waals surface area contributed by atoms with Gasteiger partial charge in [-0.1, -0.05) is 26.7 Å². The van der Waals surface area contributed by atoms with Gasteiger partial charge in [0, 0.05) is 12.2 Å². The number of ether oxygens (including phenoxy) is 1. The van der Waals surface area contributed by atoms with Gasteiger partial charge in [-0.3, -0.25) is 4.98 Å². The third-order valence-electron chi connectivity index (χ3n) is 4.63. The molecule has 1 unspecified atom stereocenters. The number of methoxy groups -OCH3 is 1. The SMILES string of the molecule is CCNC(c1cncc(OC)c1)C1(CC)CCCC1. The minimum atomic E-state index is 0.393. The van der Waals surface area contributed by atoms with Gasteiger partial charge in [0.05, 0.1) is 13.3 Å². The van der Waals surface area contributed by atoms with E-state index in [1.807, 2.05) is 6.20 Å².